The van der Waals surface area contributed by atoms with Crippen molar-refractivity contribution in [2.24, 2.45) is 0 Å². The van der Waals surface area contributed by atoms with Gasteiger partial charge in [-0.3, -0.25) is 4.79 Å². The largest absolute Gasteiger partial charge is 0.352 e. The number of rotatable bonds is 5. The van der Waals surface area contributed by atoms with Gasteiger partial charge < -0.3 is 10.2 Å². The average molecular weight is 336 g/mol. The highest BCUT2D eigenvalue weighted by atomic mass is 79.9. The lowest BCUT2D eigenvalue weighted by molar-refractivity contribution is -0.120. The van der Waals surface area contributed by atoms with Crippen LogP contribution in [0, 0.1) is 0 Å². The minimum absolute atomic E-state index is 0.0477. The molecule has 1 rings (SSSR count). The van der Waals surface area contributed by atoms with Gasteiger partial charge in [0, 0.05) is 18.8 Å². The summed E-state index contributed by atoms with van der Waals surface area (Å²) in [4.78, 5) is 21.6. The van der Waals surface area contributed by atoms with Gasteiger partial charge in [0.2, 0.25) is 11.2 Å². The molecule has 7 heteroatoms. The zero-order chi connectivity index (χ0) is 13.7. The summed E-state index contributed by atoms with van der Waals surface area (Å²) in [5, 5.41) is 3.00. The van der Waals surface area contributed by atoms with Gasteiger partial charge >= 0.3 is 0 Å². The van der Waals surface area contributed by atoms with E-state index in [9.17, 15) is 4.79 Å². The van der Waals surface area contributed by atoms with Crippen molar-refractivity contribution < 1.29 is 4.79 Å². The fourth-order valence-corrected chi connectivity index (χ4v) is 2.01. The van der Waals surface area contributed by atoms with Crippen LogP contribution in [0.5, 0.6) is 0 Å². The Morgan fingerprint density at radius 2 is 2.28 bits per heavy atom. The first-order valence-corrected chi connectivity index (χ1v) is 6.83. The summed E-state index contributed by atoms with van der Waals surface area (Å²) in [7, 11) is 0. The van der Waals surface area contributed by atoms with Gasteiger partial charge in [-0.1, -0.05) is 0 Å². The second kappa shape index (κ2) is 6.89. The first-order valence-electron chi connectivity index (χ1n) is 5.66. The van der Waals surface area contributed by atoms with E-state index in [1.165, 1.54) is 0 Å². The van der Waals surface area contributed by atoms with Crippen molar-refractivity contribution in [3.8, 4) is 0 Å². The summed E-state index contributed by atoms with van der Waals surface area (Å²) in [6.45, 7) is 6.68. The summed E-state index contributed by atoms with van der Waals surface area (Å²) in [6.07, 6.45) is 1.58. The molecule has 0 bridgehead atoms. The third kappa shape index (κ3) is 4.42. The highest BCUT2D eigenvalue weighted by molar-refractivity contribution is 9.10. The topological polar surface area (TPSA) is 58.1 Å². The van der Waals surface area contributed by atoms with E-state index >= 15 is 0 Å². The van der Waals surface area contributed by atoms with Crippen LogP contribution in [0.1, 0.15) is 20.8 Å². The van der Waals surface area contributed by atoms with Crippen LogP contribution in [0.2, 0.25) is 5.28 Å². The maximum absolute atomic E-state index is 11.7. The predicted molar refractivity (Wildman–Crippen MR) is 75.9 cm³/mol. The molecule has 0 saturated carbocycles. The van der Waals surface area contributed by atoms with Gasteiger partial charge in [-0.05, 0) is 48.3 Å². The number of amides is 1. The fourth-order valence-electron chi connectivity index (χ4n) is 1.44. The van der Waals surface area contributed by atoms with Crippen molar-refractivity contribution in [2.45, 2.75) is 26.8 Å². The zero-order valence-corrected chi connectivity index (χ0v) is 12.9. The van der Waals surface area contributed by atoms with Crippen LogP contribution in [-0.2, 0) is 4.79 Å². The predicted octanol–water partition coefficient (Wildman–Crippen LogP) is 2.24. The highest BCUT2D eigenvalue weighted by Gasteiger charge is 2.15. The molecule has 1 heterocycles. The summed E-state index contributed by atoms with van der Waals surface area (Å²) in [5.41, 5.74) is 0. The Bertz CT molecular complexity index is 428. The van der Waals surface area contributed by atoms with Crippen LogP contribution in [0.25, 0.3) is 0 Å². The van der Waals surface area contributed by atoms with Crippen molar-refractivity contribution in [2.75, 3.05) is 18.0 Å². The van der Waals surface area contributed by atoms with Crippen LogP contribution in [0.4, 0.5) is 5.82 Å². The second-order valence-corrected chi connectivity index (χ2v) is 5.24. The molecule has 0 radical (unpaired) electrons. The number of nitrogens with one attached hydrogen (secondary N) is 1. The molecular weight excluding hydrogens is 320 g/mol. The molecule has 0 aliphatic rings. The quantitative estimate of drug-likeness (QED) is 0.839. The molecule has 1 amide bonds. The number of aromatic nitrogens is 2. The van der Waals surface area contributed by atoms with E-state index in [0.717, 1.165) is 0 Å². The number of halogens is 2. The summed E-state index contributed by atoms with van der Waals surface area (Å²) in [5.74, 6) is 0.574. The van der Waals surface area contributed by atoms with Gasteiger partial charge in [0.05, 0.1) is 11.0 Å². The maximum atomic E-state index is 11.7. The Morgan fingerprint density at radius 1 is 1.61 bits per heavy atom. The number of nitrogens with zero attached hydrogens (tertiary/aromatic N) is 3. The molecule has 0 atom stereocenters. The molecule has 1 aromatic rings. The van der Waals surface area contributed by atoms with E-state index in [1.54, 1.807) is 6.20 Å². The van der Waals surface area contributed by atoms with Crippen molar-refractivity contribution in [1.82, 2.24) is 15.3 Å². The Labute approximate surface area is 120 Å². The number of hydrogen-bond acceptors (Lipinski definition) is 4. The molecule has 0 unspecified atom stereocenters. The molecule has 0 fully saturated rings. The fraction of sp³-hybridized carbons (Fsp3) is 0.545. The van der Waals surface area contributed by atoms with Crippen molar-refractivity contribution in [3.63, 3.8) is 0 Å². The normalized spacial score (nSPS) is 10.6. The van der Waals surface area contributed by atoms with Gasteiger partial charge in [-0.15, -0.1) is 0 Å². The lowest BCUT2D eigenvalue weighted by Crippen LogP contribution is -2.40. The summed E-state index contributed by atoms with van der Waals surface area (Å²) in [6, 6.07) is 0.119. The average Bonchev–Trinajstić information content (AvgIpc) is 2.28. The zero-order valence-electron chi connectivity index (χ0n) is 10.6. The number of hydrogen-bond donors (Lipinski definition) is 1. The number of carbonyl (C=O) groups excluding carboxylic acids is 1. The molecule has 1 N–H and O–H groups in total. The molecule has 100 valence electrons. The van der Waals surface area contributed by atoms with E-state index < -0.39 is 0 Å². The number of carbonyl (C=O) groups is 1. The Kier molecular flexibility index (Phi) is 5.81. The van der Waals surface area contributed by atoms with Gasteiger partial charge in [-0.25, -0.2) is 4.98 Å². The molecule has 0 aliphatic carbocycles. The Morgan fingerprint density at radius 3 is 2.83 bits per heavy atom. The van der Waals surface area contributed by atoms with E-state index in [2.05, 4.69) is 31.2 Å². The molecule has 0 aromatic carbocycles. The minimum atomic E-state index is -0.0477. The Balaban J connectivity index is 2.83. The van der Waals surface area contributed by atoms with Gasteiger partial charge in [-0.2, -0.15) is 4.98 Å². The highest BCUT2D eigenvalue weighted by Crippen LogP contribution is 2.23. The standard InChI is InChI=1S/C11H16BrClN4O/c1-4-17(6-9(18)15-7(2)3)10-8(12)5-14-11(13)16-10/h5,7H,4,6H2,1-3H3,(H,15,18). The summed E-state index contributed by atoms with van der Waals surface area (Å²) >= 11 is 9.12. The van der Waals surface area contributed by atoms with Gasteiger partial charge in [0.15, 0.2) is 0 Å². The first kappa shape index (κ1) is 15.2. The maximum Gasteiger partial charge on any atom is 0.239 e. The first-order chi connectivity index (χ1) is 8.43. The third-order valence-corrected chi connectivity index (χ3v) is 2.90. The lowest BCUT2D eigenvalue weighted by atomic mass is 10.3. The van der Waals surface area contributed by atoms with Crippen LogP contribution in [-0.4, -0.2) is 35.0 Å². The Hall–Kier alpha value is -0.880. The van der Waals surface area contributed by atoms with Crippen molar-refractivity contribution in [1.29, 1.82) is 0 Å². The van der Waals surface area contributed by atoms with E-state index in [4.69, 9.17) is 11.6 Å². The molecule has 0 saturated heterocycles. The van der Waals surface area contributed by atoms with E-state index in [-0.39, 0.29) is 23.8 Å². The van der Waals surface area contributed by atoms with Crippen molar-refractivity contribution >= 4 is 39.3 Å². The molecule has 5 nitrogen and oxygen atoms in total. The van der Waals surface area contributed by atoms with E-state index in [0.29, 0.717) is 16.8 Å². The monoisotopic (exact) mass is 334 g/mol. The number of likely N-dealkylation sites (N-methyl/N-ethyl adjacent to an activating group) is 1. The number of anilines is 1. The lowest BCUT2D eigenvalue weighted by Gasteiger charge is -2.22. The molecule has 0 aliphatic heterocycles. The van der Waals surface area contributed by atoms with Crippen LogP contribution in [0.15, 0.2) is 10.7 Å². The minimum Gasteiger partial charge on any atom is -0.352 e. The van der Waals surface area contributed by atoms with Crippen LogP contribution in [0.3, 0.4) is 0 Å². The molecule has 18 heavy (non-hydrogen) atoms. The van der Waals surface area contributed by atoms with Gasteiger partial charge in [0.25, 0.3) is 0 Å². The molecular formula is C11H16BrClN4O. The van der Waals surface area contributed by atoms with Crippen LogP contribution < -0.4 is 10.2 Å². The van der Waals surface area contributed by atoms with Crippen LogP contribution >= 0.6 is 27.5 Å². The van der Waals surface area contributed by atoms with E-state index in [1.807, 2.05) is 25.7 Å². The SMILES string of the molecule is CCN(CC(=O)NC(C)C)c1nc(Cl)ncc1Br. The third-order valence-electron chi connectivity index (χ3n) is 2.16. The molecule has 0 spiro atoms. The van der Waals surface area contributed by atoms with Gasteiger partial charge in [0.1, 0.15) is 5.82 Å². The van der Waals surface area contributed by atoms with Crippen molar-refractivity contribution in [3.05, 3.63) is 16.0 Å². The smallest absolute Gasteiger partial charge is 0.239 e. The second-order valence-electron chi connectivity index (χ2n) is 4.05. The summed E-state index contributed by atoms with van der Waals surface area (Å²) < 4.78 is 0.714. The molecule has 1 aromatic heterocycles.